The zero-order valence-electron chi connectivity index (χ0n) is 8.71. The molecular formula is C11H8ClN5. The Kier molecular flexibility index (Phi) is 2.38. The molecular weight excluding hydrogens is 238 g/mol. The van der Waals surface area contributed by atoms with Crippen LogP contribution in [0.5, 0.6) is 0 Å². The molecule has 3 aromatic rings. The number of anilines is 2. The molecule has 6 heteroatoms. The number of nitrogens with one attached hydrogen (secondary N) is 1. The van der Waals surface area contributed by atoms with Gasteiger partial charge in [-0.15, -0.1) is 0 Å². The van der Waals surface area contributed by atoms with Crippen molar-refractivity contribution in [2.75, 3.05) is 5.32 Å². The second-order valence-corrected chi connectivity index (χ2v) is 3.81. The fourth-order valence-corrected chi connectivity index (χ4v) is 1.72. The number of fused-ring (bicyclic) bond motifs is 1. The molecule has 0 fully saturated rings. The molecule has 2 aromatic heterocycles. The molecule has 0 atom stereocenters. The van der Waals surface area contributed by atoms with Gasteiger partial charge in [-0.3, -0.25) is 0 Å². The number of rotatable bonds is 2. The second-order valence-electron chi connectivity index (χ2n) is 3.44. The predicted molar refractivity (Wildman–Crippen MR) is 66.3 cm³/mol. The Labute approximate surface area is 102 Å². The maximum Gasteiger partial charge on any atom is 0.180 e. The third kappa shape index (κ3) is 1.81. The highest BCUT2D eigenvalue weighted by Crippen LogP contribution is 2.21. The summed E-state index contributed by atoms with van der Waals surface area (Å²) < 4.78 is 1.34. The summed E-state index contributed by atoms with van der Waals surface area (Å²) in [6.45, 7) is 0. The Bertz CT molecular complexity index is 649. The summed E-state index contributed by atoms with van der Waals surface area (Å²) in [5, 5.41) is 3.17. The largest absolute Gasteiger partial charge is 0.338 e. The van der Waals surface area contributed by atoms with Crippen molar-refractivity contribution in [3.8, 4) is 0 Å². The molecule has 0 bridgehead atoms. The van der Waals surface area contributed by atoms with E-state index in [0.717, 1.165) is 5.69 Å². The van der Waals surface area contributed by atoms with E-state index >= 15 is 0 Å². The number of hydrogen-bond donors (Lipinski definition) is 1. The van der Waals surface area contributed by atoms with Crippen molar-refractivity contribution in [1.29, 1.82) is 0 Å². The van der Waals surface area contributed by atoms with Gasteiger partial charge in [-0.2, -0.15) is 0 Å². The lowest BCUT2D eigenvalue weighted by Gasteiger charge is -2.04. The van der Waals surface area contributed by atoms with Crippen LogP contribution in [-0.4, -0.2) is 19.0 Å². The number of nitrogens with zero attached hydrogens (tertiary/aromatic N) is 4. The standard InChI is InChI=1S/C11H8ClN5/c12-17-7-15-9-10(13-6-14-11(9)17)16-8-4-2-1-3-5-8/h1-7H,(H,13,14,16). The normalized spacial score (nSPS) is 10.6. The summed E-state index contributed by atoms with van der Waals surface area (Å²) in [5.74, 6) is 0.639. The van der Waals surface area contributed by atoms with Crippen LogP contribution in [0, 0.1) is 0 Å². The van der Waals surface area contributed by atoms with E-state index in [4.69, 9.17) is 11.8 Å². The first-order chi connectivity index (χ1) is 8.34. The molecule has 0 aliphatic heterocycles. The number of hydrogen-bond acceptors (Lipinski definition) is 4. The number of halogens is 1. The molecule has 84 valence electrons. The van der Waals surface area contributed by atoms with Crippen LogP contribution in [0.4, 0.5) is 11.5 Å². The number of aromatic nitrogens is 4. The smallest absolute Gasteiger partial charge is 0.180 e. The Morgan fingerprint density at radius 2 is 1.88 bits per heavy atom. The Morgan fingerprint density at radius 1 is 1.06 bits per heavy atom. The van der Waals surface area contributed by atoms with E-state index in [1.807, 2.05) is 30.3 Å². The lowest BCUT2D eigenvalue weighted by molar-refractivity contribution is 1.17. The van der Waals surface area contributed by atoms with Crippen molar-refractivity contribution in [2.24, 2.45) is 0 Å². The molecule has 0 spiro atoms. The quantitative estimate of drug-likeness (QED) is 0.754. The van der Waals surface area contributed by atoms with Crippen LogP contribution >= 0.6 is 11.8 Å². The average Bonchev–Trinajstić information content (AvgIpc) is 2.74. The van der Waals surface area contributed by atoms with Gasteiger partial charge in [0, 0.05) is 17.5 Å². The molecule has 5 nitrogen and oxygen atoms in total. The van der Waals surface area contributed by atoms with Gasteiger partial charge in [0.1, 0.15) is 12.7 Å². The summed E-state index contributed by atoms with van der Waals surface area (Å²) in [4.78, 5) is 12.4. The van der Waals surface area contributed by atoms with E-state index in [9.17, 15) is 0 Å². The van der Waals surface area contributed by atoms with E-state index in [1.165, 1.54) is 16.7 Å². The highest BCUT2D eigenvalue weighted by Gasteiger charge is 2.08. The molecule has 2 heterocycles. The summed E-state index contributed by atoms with van der Waals surface area (Å²) >= 11 is 5.88. The van der Waals surface area contributed by atoms with E-state index in [1.54, 1.807) is 0 Å². The molecule has 0 saturated heterocycles. The first-order valence-electron chi connectivity index (χ1n) is 5.01. The van der Waals surface area contributed by atoms with Gasteiger partial charge in [0.25, 0.3) is 0 Å². The Hall–Kier alpha value is -2.14. The zero-order chi connectivity index (χ0) is 11.7. The highest BCUT2D eigenvalue weighted by molar-refractivity contribution is 6.18. The molecule has 0 amide bonds. The van der Waals surface area contributed by atoms with Crippen LogP contribution in [0.1, 0.15) is 0 Å². The fourth-order valence-electron chi connectivity index (χ4n) is 1.56. The molecule has 0 radical (unpaired) electrons. The van der Waals surface area contributed by atoms with E-state index < -0.39 is 0 Å². The second kappa shape index (κ2) is 4.03. The van der Waals surface area contributed by atoms with Gasteiger partial charge in [0.15, 0.2) is 17.0 Å². The predicted octanol–water partition coefficient (Wildman–Crippen LogP) is 2.57. The van der Waals surface area contributed by atoms with Crippen LogP contribution in [0.25, 0.3) is 11.2 Å². The van der Waals surface area contributed by atoms with Gasteiger partial charge in [-0.05, 0) is 12.1 Å². The SMILES string of the molecule is Cln1cnc2c(Nc3ccccc3)ncnc21. The molecule has 3 rings (SSSR count). The number of para-hydroxylation sites is 1. The first-order valence-corrected chi connectivity index (χ1v) is 5.34. The van der Waals surface area contributed by atoms with Gasteiger partial charge >= 0.3 is 0 Å². The fraction of sp³-hybridized carbons (Fsp3) is 0. The third-order valence-electron chi connectivity index (χ3n) is 2.33. The zero-order valence-corrected chi connectivity index (χ0v) is 9.46. The third-order valence-corrected chi connectivity index (χ3v) is 2.58. The maximum absolute atomic E-state index is 5.88. The summed E-state index contributed by atoms with van der Waals surface area (Å²) in [5.41, 5.74) is 2.17. The van der Waals surface area contributed by atoms with Gasteiger partial charge < -0.3 is 5.32 Å². The summed E-state index contributed by atoms with van der Waals surface area (Å²) in [6.07, 6.45) is 2.95. The molecule has 1 N–H and O–H groups in total. The van der Waals surface area contributed by atoms with Crippen molar-refractivity contribution in [3.63, 3.8) is 0 Å². The molecule has 0 aliphatic carbocycles. The van der Waals surface area contributed by atoms with Gasteiger partial charge in [-0.25, -0.2) is 19.0 Å². The van der Waals surface area contributed by atoms with Crippen molar-refractivity contribution in [2.45, 2.75) is 0 Å². The summed E-state index contributed by atoms with van der Waals surface area (Å²) in [7, 11) is 0. The number of imidazole rings is 1. The molecule has 0 unspecified atom stereocenters. The minimum atomic E-state index is 0.583. The lowest BCUT2D eigenvalue weighted by atomic mass is 10.3. The minimum absolute atomic E-state index is 0.583. The van der Waals surface area contributed by atoms with Gasteiger partial charge in [-0.1, -0.05) is 18.2 Å². The maximum atomic E-state index is 5.88. The monoisotopic (exact) mass is 245 g/mol. The lowest BCUT2D eigenvalue weighted by Crippen LogP contribution is -1.95. The number of benzene rings is 1. The average molecular weight is 246 g/mol. The van der Waals surface area contributed by atoms with Gasteiger partial charge in [0.05, 0.1) is 0 Å². The molecule has 0 saturated carbocycles. The van der Waals surface area contributed by atoms with Crippen molar-refractivity contribution in [1.82, 2.24) is 19.0 Å². The minimum Gasteiger partial charge on any atom is -0.338 e. The van der Waals surface area contributed by atoms with Crippen LogP contribution in [0.3, 0.4) is 0 Å². The van der Waals surface area contributed by atoms with Crippen LogP contribution in [-0.2, 0) is 0 Å². The highest BCUT2D eigenvalue weighted by atomic mass is 35.5. The van der Waals surface area contributed by atoms with Crippen LogP contribution < -0.4 is 5.32 Å². The van der Waals surface area contributed by atoms with E-state index in [0.29, 0.717) is 17.0 Å². The van der Waals surface area contributed by atoms with Crippen molar-refractivity contribution in [3.05, 3.63) is 43.0 Å². The topological polar surface area (TPSA) is 55.6 Å². The van der Waals surface area contributed by atoms with Gasteiger partial charge in [0.2, 0.25) is 0 Å². The van der Waals surface area contributed by atoms with Crippen LogP contribution in [0.2, 0.25) is 0 Å². The molecule has 1 aromatic carbocycles. The van der Waals surface area contributed by atoms with Crippen molar-refractivity contribution >= 4 is 34.4 Å². The van der Waals surface area contributed by atoms with Crippen LogP contribution in [0.15, 0.2) is 43.0 Å². The molecule has 17 heavy (non-hydrogen) atoms. The van der Waals surface area contributed by atoms with Crippen molar-refractivity contribution < 1.29 is 0 Å². The van der Waals surface area contributed by atoms with E-state index in [-0.39, 0.29) is 0 Å². The summed E-state index contributed by atoms with van der Waals surface area (Å²) in [6, 6.07) is 9.74. The van der Waals surface area contributed by atoms with E-state index in [2.05, 4.69) is 20.3 Å². The first kappa shape index (κ1) is 10.0. The Morgan fingerprint density at radius 3 is 2.71 bits per heavy atom. The molecule has 0 aliphatic rings. The Balaban J connectivity index is 2.06.